The number of hydrogen-bond acceptors (Lipinski definition) is 8. The summed E-state index contributed by atoms with van der Waals surface area (Å²) in [5, 5.41) is 8.45. The third-order valence-corrected chi connectivity index (χ3v) is 6.48. The summed E-state index contributed by atoms with van der Waals surface area (Å²) in [7, 11) is 5.56. The number of fused-ring (bicyclic) bond motifs is 1. The number of benzene rings is 1. The minimum atomic E-state index is -0.0131. The largest absolute Gasteiger partial charge is 0.497 e. The number of ether oxygens (including phenoxy) is 1. The molecule has 10 heteroatoms. The van der Waals surface area contributed by atoms with E-state index in [1.54, 1.807) is 37.7 Å². The van der Waals surface area contributed by atoms with Gasteiger partial charge in [-0.1, -0.05) is 0 Å². The topological polar surface area (TPSA) is 92.5 Å². The number of rotatable bonds is 5. The average molecular weight is 449 g/mol. The van der Waals surface area contributed by atoms with Crippen LogP contribution in [-0.2, 0) is 0 Å². The Balaban J connectivity index is 1.39. The van der Waals surface area contributed by atoms with Gasteiger partial charge in [0.15, 0.2) is 0 Å². The second kappa shape index (κ2) is 8.34. The van der Waals surface area contributed by atoms with E-state index in [-0.39, 0.29) is 11.9 Å². The maximum Gasteiger partial charge on any atom is 0.256 e. The Morgan fingerprint density at radius 2 is 1.91 bits per heavy atom. The monoisotopic (exact) mass is 448 g/mol. The lowest BCUT2D eigenvalue weighted by molar-refractivity contribution is 0.00777. The molecule has 5 rings (SSSR count). The molecule has 0 spiro atoms. The number of piperidine rings is 1. The van der Waals surface area contributed by atoms with Crippen molar-refractivity contribution in [2.45, 2.75) is 19.4 Å². The van der Waals surface area contributed by atoms with Crippen molar-refractivity contribution in [1.29, 1.82) is 0 Å². The number of methoxy groups -OCH3 is 1. The first-order valence-electron chi connectivity index (χ1n) is 11.1. The van der Waals surface area contributed by atoms with Crippen LogP contribution >= 0.6 is 0 Å². The van der Waals surface area contributed by atoms with E-state index < -0.39 is 0 Å². The van der Waals surface area contributed by atoms with E-state index in [0.717, 1.165) is 43.5 Å². The summed E-state index contributed by atoms with van der Waals surface area (Å²) in [5.74, 6) is 3.69. The Morgan fingerprint density at radius 3 is 2.64 bits per heavy atom. The molecule has 172 valence electrons. The Kier molecular flexibility index (Phi) is 5.35. The Labute approximate surface area is 192 Å². The number of hydrogen-bond donors (Lipinski definition) is 0. The molecule has 0 N–H and O–H groups in total. The normalized spacial score (nSPS) is 19.6. The molecular weight excluding hydrogens is 420 g/mol. The van der Waals surface area contributed by atoms with Gasteiger partial charge in [-0.05, 0) is 25.5 Å². The van der Waals surface area contributed by atoms with Gasteiger partial charge in [-0.25, -0.2) is 9.97 Å². The number of likely N-dealkylation sites (tertiary alicyclic amines) is 1. The van der Waals surface area contributed by atoms with E-state index in [2.05, 4.69) is 25.1 Å². The Bertz CT molecular complexity index is 1160. The molecule has 4 heterocycles. The van der Waals surface area contributed by atoms with E-state index in [9.17, 15) is 4.79 Å². The van der Waals surface area contributed by atoms with Gasteiger partial charge in [0.1, 0.15) is 28.9 Å². The third kappa shape index (κ3) is 3.85. The van der Waals surface area contributed by atoms with Crippen molar-refractivity contribution in [3.05, 3.63) is 48.0 Å². The molecule has 10 nitrogen and oxygen atoms in total. The molecule has 3 aromatic rings. The van der Waals surface area contributed by atoms with Crippen molar-refractivity contribution in [1.82, 2.24) is 29.9 Å². The van der Waals surface area contributed by atoms with Gasteiger partial charge in [0, 0.05) is 51.8 Å². The summed E-state index contributed by atoms with van der Waals surface area (Å²) in [6.07, 6.45) is 4.22. The number of nitrogens with zero attached hydrogens (tertiary/aromatic N) is 8. The first-order chi connectivity index (χ1) is 15.9. The SMILES string of the molecule is COc1ccc(C(=O)N2C[C@H]3CCN(c4cc(N(C)C)nc(C)n4)C[C@H]32)c(-n2nccn2)c1. The molecule has 1 aromatic carbocycles. The van der Waals surface area contributed by atoms with Crippen LogP contribution in [-0.4, -0.2) is 82.7 Å². The minimum absolute atomic E-state index is 0.0131. The molecule has 2 aliphatic rings. The fourth-order valence-corrected chi connectivity index (χ4v) is 4.65. The van der Waals surface area contributed by atoms with Crippen molar-refractivity contribution in [3.63, 3.8) is 0 Å². The lowest BCUT2D eigenvalue weighted by Crippen LogP contribution is -2.66. The van der Waals surface area contributed by atoms with E-state index in [1.807, 2.05) is 36.9 Å². The maximum absolute atomic E-state index is 13.6. The Morgan fingerprint density at radius 1 is 1.12 bits per heavy atom. The van der Waals surface area contributed by atoms with Crippen molar-refractivity contribution < 1.29 is 9.53 Å². The number of carbonyl (C=O) groups is 1. The molecule has 33 heavy (non-hydrogen) atoms. The predicted molar refractivity (Wildman–Crippen MR) is 124 cm³/mol. The molecule has 2 aliphatic heterocycles. The van der Waals surface area contributed by atoms with Crippen LogP contribution in [0.25, 0.3) is 5.69 Å². The van der Waals surface area contributed by atoms with E-state index in [4.69, 9.17) is 4.74 Å². The lowest BCUT2D eigenvalue weighted by Gasteiger charge is -2.53. The average Bonchev–Trinajstić information content (AvgIpc) is 3.33. The highest BCUT2D eigenvalue weighted by Crippen LogP contribution is 2.36. The van der Waals surface area contributed by atoms with Gasteiger partial charge in [-0.3, -0.25) is 4.79 Å². The lowest BCUT2D eigenvalue weighted by atomic mass is 9.81. The first kappa shape index (κ1) is 21.2. The maximum atomic E-state index is 13.6. The summed E-state index contributed by atoms with van der Waals surface area (Å²) in [6.45, 7) is 4.36. The van der Waals surface area contributed by atoms with Gasteiger partial charge < -0.3 is 19.4 Å². The smallest absolute Gasteiger partial charge is 0.256 e. The van der Waals surface area contributed by atoms with Crippen LogP contribution in [0.4, 0.5) is 11.6 Å². The van der Waals surface area contributed by atoms with Crippen LogP contribution in [0.15, 0.2) is 36.7 Å². The van der Waals surface area contributed by atoms with Gasteiger partial charge in [0.2, 0.25) is 0 Å². The molecule has 2 fully saturated rings. The van der Waals surface area contributed by atoms with Crippen LogP contribution in [0.3, 0.4) is 0 Å². The highest BCUT2D eigenvalue weighted by molar-refractivity contribution is 5.98. The van der Waals surface area contributed by atoms with Crippen LogP contribution in [0, 0.1) is 12.8 Å². The molecule has 2 atom stereocenters. The van der Waals surface area contributed by atoms with Gasteiger partial charge in [-0.15, -0.1) is 0 Å². The number of anilines is 2. The molecule has 0 unspecified atom stereocenters. The van der Waals surface area contributed by atoms with Crippen molar-refractivity contribution in [2.75, 3.05) is 50.6 Å². The third-order valence-electron chi connectivity index (χ3n) is 6.48. The molecule has 0 aliphatic carbocycles. The van der Waals surface area contributed by atoms with Crippen LogP contribution in [0.2, 0.25) is 0 Å². The van der Waals surface area contributed by atoms with E-state index >= 15 is 0 Å². The molecule has 0 saturated carbocycles. The molecule has 2 saturated heterocycles. The number of carbonyl (C=O) groups excluding carboxylic acids is 1. The fourth-order valence-electron chi connectivity index (χ4n) is 4.65. The van der Waals surface area contributed by atoms with Gasteiger partial charge >= 0.3 is 0 Å². The quantitative estimate of drug-likeness (QED) is 0.583. The van der Waals surface area contributed by atoms with Gasteiger partial charge in [0.25, 0.3) is 5.91 Å². The van der Waals surface area contributed by atoms with Gasteiger partial charge in [0.05, 0.1) is 31.1 Å². The Hall–Kier alpha value is -3.69. The molecule has 0 radical (unpaired) electrons. The minimum Gasteiger partial charge on any atom is -0.497 e. The summed E-state index contributed by atoms with van der Waals surface area (Å²) in [6, 6.07) is 7.56. The molecular formula is C23H28N8O2. The summed E-state index contributed by atoms with van der Waals surface area (Å²) < 4.78 is 5.36. The zero-order valence-corrected chi connectivity index (χ0v) is 19.3. The summed E-state index contributed by atoms with van der Waals surface area (Å²) in [5.41, 5.74) is 1.18. The summed E-state index contributed by atoms with van der Waals surface area (Å²) >= 11 is 0. The number of aryl methyl sites for hydroxylation is 1. The zero-order chi connectivity index (χ0) is 23.1. The summed E-state index contributed by atoms with van der Waals surface area (Å²) in [4.78, 5) is 30.5. The fraction of sp³-hybridized carbons (Fsp3) is 0.435. The predicted octanol–water partition coefficient (Wildman–Crippen LogP) is 1.79. The second-order valence-corrected chi connectivity index (χ2v) is 8.75. The first-order valence-corrected chi connectivity index (χ1v) is 11.1. The van der Waals surface area contributed by atoms with Crippen LogP contribution in [0.1, 0.15) is 22.6 Å². The van der Waals surface area contributed by atoms with Crippen molar-refractivity contribution >= 4 is 17.5 Å². The number of amides is 1. The zero-order valence-electron chi connectivity index (χ0n) is 19.3. The van der Waals surface area contributed by atoms with Crippen LogP contribution < -0.4 is 14.5 Å². The second-order valence-electron chi connectivity index (χ2n) is 8.75. The van der Waals surface area contributed by atoms with Crippen LogP contribution in [0.5, 0.6) is 5.75 Å². The van der Waals surface area contributed by atoms with Gasteiger partial charge in [-0.2, -0.15) is 15.0 Å². The highest BCUT2D eigenvalue weighted by atomic mass is 16.5. The van der Waals surface area contributed by atoms with E-state index in [0.29, 0.717) is 22.9 Å². The standard InChI is InChI=1S/C23H28N8O2/c1-15-26-21(28(2)3)12-22(27-15)29-10-7-16-13-30(20(16)14-29)23(32)18-6-5-17(33-4)11-19(18)31-24-8-9-25-31/h5-6,8-9,11-12,16,20H,7,10,13-14H2,1-4H3/t16-,20-/m1/s1. The van der Waals surface area contributed by atoms with E-state index in [1.165, 1.54) is 4.80 Å². The van der Waals surface area contributed by atoms with Crippen molar-refractivity contribution in [2.24, 2.45) is 5.92 Å². The highest BCUT2D eigenvalue weighted by Gasteiger charge is 2.46. The molecule has 0 bridgehead atoms. The molecule has 2 aromatic heterocycles. The number of aromatic nitrogens is 5. The molecule has 1 amide bonds. The van der Waals surface area contributed by atoms with Crippen molar-refractivity contribution in [3.8, 4) is 11.4 Å².